The van der Waals surface area contributed by atoms with Crippen molar-refractivity contribution >= 4 is 11.4 Å². The van der Waals surface area contributed by atoms with E-state index in [0.717, 1.165) is 52.3 Å². The molecule has 2 atom stereocenters. The molecular formula is C30H31FN2O3. The Hall–Kier alpha value is -3.67. The van der Waals surface area contributed by atoms with Crippen LogP contribution >= 0.6 is 0 Å². The van der Waals surface area contributed by atoms with Crippen molar-refractivity contribution in [2.24, 2.45) is 10.1 Å². The molecule has 36 heavy (non-hydrogen) atoms. The zero-order chi connectivity index (χ0) is 25.1. The van der Waals surface area contributed by atoms with Gasteiger partial charge in [-0.1, -0.05) is 48.3 Å². The Morgan fingerprint density at radius 2 is 1.72 bits per heavy atom. The summed E-state index contributed by atoms with van der Waals surface area (Å²) >= 11 is 0. The van der Waals surface area contributed by atoms with Crippen molar-refractivity contribution in [3.8, 4) is 11.5 Å². The number of nitrogens with zero attached hydrogens (tertiary/aromatic N) is 2. The van der Waals surface area contributed by atoms with E-state index in [0.29, 0.717) is 11.7 Å². The molecule has 0 bridgehead atoms. The summed E-state index contributed by atoms with van der Waals surface area (Å²) in [5, 5.41) is 4.30. The molecule has 0 saturated heterocycles. The quantitative estimate of drug-likeness (QED) is 0.277. The largest absolute Gasteiger partial charge is 0.493 e. The van der Waals surface area contributed by atoms with Gasteiger partial charge in [0.15, 0.2) is 11.5 Å². The molecule has 3 aromatic carbocycles. The van der Waals surface area contributed by atoms with Crippen LogP contribution in [0.5, 0.6) is 11.5 Å². The number of methoxy groups -OCH3 is 2. The second kappa shape index (κ2) is 10.5. The van der Waals surface area contributed by atoms with E-state index >= 15 is 0 Å². The molecule has 0 spiro atoms. The van der Waals surface area contributed by atoms with Crippen LogP contribution in [-0.2, 0) is 11.4 Å². The molecule has 1 aliphatic carbocycles. The molecule has 6 heteroatoms. The number of ether oxygens (including phenoxy) is 2. The molecular weight excluding hydrogens is 455 g/mol. The predicted molar refractivity (Wildman–Crippen MR) is 140 cm³/mol. The molecule has 0 unspecified atom stereocenters. The average molecular weight is 487 g/mol. The van der Waals surface area contributed by atoms with Crippen LogP contribution in [0, 0.1) is 5.82 Å². The van der Waals surface area contributed by atoms with Crippen LogP contribution in [0.3, 0.4) is 0 Å². The minimum Gasteiger partial charge on any atom is -0.493 e. The van der Waals surface area contributed by atoms with Crippen molar-refractivity contribution in [1.29, 1.82) is 0 Å². The highest BCUT2D eigenvalue weighted by molar-refractivity contribution is 6.16. The molecule has 1 heterocycles. The molecule has 3 aromatic rings. The van der Waals surface area contributed by atoms with Gasteiger partial charge < -0.3 is 14.3 Å². The number of halogens is 1. The Morgan fingerprint density at radius 3 is 2.50 bits per heavy atom. The third-order valence-electron chi connectivity index (χ3n) is 7.13. The van der Waals surface area contributed by atoms with Crippen molar-refractivity contribution in [2.75, 3.05) is 14.2 Å². The van der Waals surface area contributed by atoms with Gasteiger partial charge in [-0.25, -0.2) is 4.39 Å². The van der Waals surface area contributed by atoms with E-state index in [2.05, 4.69) is 29.4 Å². The Kier molecular flexibility index (Phi) is 7.03. The third kappa shape index (κ3) is 4.85. The highest BCUT2D eigenvalue weighted by Gasteiger charge is 2.34. The highest BCUT2D eigenvalue weighted by atomic mass is 19.1. The Morgan fingerprint density at radius 1 is 0.972 bits per heavy atom. The van der Waals surface area contributed by atoms with Gasteiger partial charge in [0.25, 0.3) is 0 Å². The van der Waals surface area contributed by atoms with Crippen LogP contribution in [-0.4, -0.2) is 31.7 Å². The second-order valence-electron chi connectivity index (χ2n) is 9.39. The lowest BCUT2D eigenvalue weighted by Gasteiger charge is -2.35. The van der Waals surface area contributed by atoms with Crippen LogP contribution in [0.2, 0.25) is 0 Å². The van der Waals surface area contributed by atoms with Crippen molar-refractivity contribution in [3.05, 3.63) is 94.3 Å². The van der Waals surface area contributed by atoms with E-state index < -0.39 is 0 Å². The van der Waals surface area contributed by atoms with E-state index in [-0.39, 0.29) is 18.5 Å². The maximum Gasteiger partial charge on any atom is 0.161 e. The lowest BCUT2D eigenvalue weighted by Crippen LogP contribution is -2.29. The molecule has 0 amide bonds. The zero-order valence-corrected chi connectivity index (χ0v) is 21.0. The average Bonchev–Trinajstić information content (AvgIpc) is 2.92. The van der Waals surface area contributed by atoms with Gasteiger partial charge in [-0.2, -0.15) is 0 Å². The van der Waals surface area contributed by atoms with Crippen LogP contribution in [0.1, 0.15) is 66.3 Å². The van der Waals surface area contributed by atoms with Gasteiger partial charge in [-0.15, -0.1) is 0 Å². The fourth-order valence-electron chi connectivity index (χ4n) is 5.23. The Labute approximate surface area is 211 Å². The first kappa shape index (κ1) is 24.0. The predicted octanol–water partition coefficient (Wildman–Crippen LogP) is 6.66. The van der Waals surface area contributed by atoms with Crippen LogP contribution in [0.15, 0.2) is 70.8 Å². The number of oxime groups is 1. The summed E-state index contributed by atoms with van der Waals surface area (Å²) in [6.45, 7) is 2.20. The van der Waals surface area contributed by atoms with Gasteiger partial charge in [0.2, 0.25) is 0 Å². The number of benzene rings is 3. The monoisotopic (exact) mass is 486 g/mol. The van der Waals surface area contributed by atoms with E-state index in [4.69, 9.17) is 19.3 Å². The van der Waals surface area contributed by atoms with Gasteiger partial charge in [0.1, 0.15) is 12.4 Å². The van der Waals surface area contributed by atoms with Crippen molar-refractivity contribution < 1.29 is 18.7 Å². The summed E-state index contributed by atoms with van der Waals surface area (Å²) in [6, 6.07) is 19.0. The minimum absolute atomic E-state index is 0.266. The molecule has 5 rings (SSSR count). The van der Waals surface area contributed by atoms with Crippen molar-refractivity contribution in [2.45, 2.75) is 51.2 Å². The molecule has 186 valence electrons. The highest BCUT2D eigenvalue weighted by Crippen LogP contribution is 2.44. The summed E-state index contributed by atoms with van der Waals surface area (Å²) < 4.78 is 24.4. The van der Waals surface area contributed by atoms with Gasteiger partial charge in [0.05, 0.1) is 31.7 Å². The van der Waals surface area contributed by atoms with Crippen LogP contribution in [0.25, 0.3) is 0 Å². The molecule has 1 fully saturated rings. The first-order valence-electron chi connectivity index (χ1n) is 12.4. The van der Waals surface area contributed by atoms with Crippen LogP contribution in [0.4, 0.5) is 4.39 Å². The van der Waals surface area contributed by atoms with E-state index in [9.17, 15) is 4.39 Å². The third-order valence-corrected chi connectivity index (χ3v) is 7.13. The summed E-state index contributed by atoms with van der Waals surface area (Å²) in [7, 11) is 3.35. The van der Waals surface area contributed by atoms with Gasteiger partial charge in [-0.3, -0.25) is 4.99 Å². The standard InChI is InChI=1S/C30H31FN2O3/c1-19(33-36-18-20-11-13-23(31)14-12-20)21-7-6-8-22(15-21)30-26-17-29(35-3)28(34-2)16-25(26)24-9-4-5-10-27(24)32-30/h6-8,11-17,24,27H,4-5,9-10,18H2,1-3H3/t24-,27-/m1/s1. The Bertz CT molecular complexity index is 1300. The molecule has 0 aromatic heterocycles. The summed E-state index contributed by atoms with van der Waals surface area (Å²) in [5.74, 6) is 1.61. The number of hydrogen-bond donors (Lipinski definition) is 0. The number of rotatable bonds is 7. The molecule has 1 saturated carbocycles. The SMILES string of the molecule is COc1cc2c(cc1OC)[C@H]1CCCC[C@H]1N=C2c1cccc(C(C)=NOCc2ccc(F)cc2)c1. The summed E-state index contributed by atoms with van der Waals surface area (Å²) in [4.78, 5) is 10.8. The molecule has 2 aliphatic rings. The zero-order valence-electron chi connectivity index (χ0n) is 21.0. The first-order valence-corrected chi connectivity index (χ1v) is 12.4. The number of fused-ring (bicyclic) bond motifs is 3. The fourth-order valence-corrected chi connectivity index (χ4v) is 5.23. The van der Waals surface area contributed by atoms with Crippen molar-refractivity contribution in [3.63, 3.8) is 0 Å². The van der Waals surface area contributed by atoms with Gasteiger partial charge in [-0.05, 0) is 66.8 Å². The van der Waals surface area contributed by atoms with Gasteiger partial charge >= 0.3 is 0 Å². The minimum atomic E-state index is -0.266. The molecule has 0 radical (unpaired) electrons. The topological polar surface area (TPSA) is 52.4 Å². The first-order chi connectivity index (χ1) is 17.6. The van der Waals surface area contributed by atoms with E-state index in [1.807, 2.05) is 19.1 Å². The number of aliphatic imine (C=N–C) groups is 1. The smallest absolute Gasteiger partial charge is 0.161 e. The Balaban J connectivity index is 1.46. The summed E-state index contributed by atoms with van der Waals surface area (Å²) in [5.41, 5.74) is 7.01. The molecule has 5 nitrogen and oxygen atoms in total. The summed E-state index contributed by atoms with van der Waals surface area (Å²) in [6.07, 6.45) is 4.67. The fraction of sp³-hybridized carbons (Fsp3) is 0.333. The maximum atomic E-state index is 13.1. The molecule has 1 aliphatic heterocycles. The number of hydrogen-bond acceptors (Lipinski definition) is 5. The van der Waals surface area contributed by atoms with Crippen LogP contribution < -0.4 is 9.47 Å². The second-order valence-corrected chi connectivity index (χ2v) is 9.39. The normalized spacial score (nSPS) is 19.1. The van der Waals surface area contributed by atoms with Gasteiger partial charge in [0, 0.05) is 17.0 Å². The molecule has 0 N–H and O–H groups in total. The lowest BCUT2D eigenvalue weighted by atomic mass is 9.75. The lowest BCUT2D eigenvalue weighted by molar-refractivity contribution is 0.130. The van der Waals surface area contributed by atoms with E-state index in [1.165, 1.54) is 30.5 Å². The maximum absolute atomic E-state index is 13.1. The van der Waals surface area contributed by atoms with Crippen molar-refractivity contribution in [1.82, 2.24) is 0 Å². The van der Waals surface area contributed by atoms with E-state index in [1.54, 1.807) is 26.4 Å².